The maximum atomic E-state index is 13.6. The van der Waals surface area contributed by atoms with E-state index in [2.05, 4.69) is 25.5 Å². The Balaban J connectivity index is 1.60. The summed E-state index contributed by atoms with van der Waals surface area (Å²) in [6, 6.07) is 9.30. The summed E-state index contributed by atoms with van der Waals surface area (Å²) < 4.78 is 29.8. The van der Waals surface area contributed by atoms with Crippen LogP contribution >= 0.6 is 11.3 Å². The van der Waals surface area contributed by atoms with E-state index in [9.17, 15) is 13.6 Å². The molecule has 5 aromatic heterocycles. The largest absolute Gasteiger partial charge is 0.299 e. The van der Waals surface area contributed by atoms with E-state index in [1.165, 1.54) is 6.07 Å². The minimum atomic E-state index is -2.89. The highest BCUT2D eigenvalue weighted by atomic mass is 32.1. The van der Waals surface area contributed by atoms with Gasteiger partial charge in [0.25, 0.3) is 6.43 Å². The molecule has 0 fully saturated rings. The first kappa shape index (κ1) is 22.0. The standard InChI is InChI=1S/C23H19F2N7OS/c1-13-3-5-15(10-26-13)6-7-19(33)16-9-17(32-23(21(24)25)28-29-30-32)22-27-11-18(31(22)12-16)20-8-4-14(2)34-20/h3-5,8-12,21H,6-7H2,1-2H3. The lowest BCUT2D eigenvalue weighted by atomic mass is 10.0. The van der Waals surface area contributed by atoms with Crippen LogP contribution in [0.4, 0.5) is 8.78 Å². The van der Waals surface area contributed by atoms with Crippen LogP contribution in [-0.4, -0.2) is 40.4 Å². The summed E-state index contributed by atoms with van der Waals surface area (Å²) in [5.41, 5.74) is 3.53. The predicted octanol–water partition coefficient (Wildman–Crippen LogP) is 4.80. The molecule has 11 heteroatoms. The Morgan fingerprint density at radius 3 is 2.68 bits per heavy atom. The zero-order valence-electron chi connectivity index (χ0n) is 18.3. The first-order valence-corrected chi connectivity index (χ1v) is 11.3. The molecule has 0 aliphatic heterocycles. The first-order chi connectivity index (χ1) is 16.4. The van der Waals surface area contributed by atoms with Gasteiger partial charge in [-0.15, -0.1) is 16.4 Å². The van der Waals surface area contributed by atoms with E-state index in [1.807, 2.05) is 38.1 Å². The molecule has 5 rings (SSSR count). The van der Waals surface area contributed by atoms with Crippen LogP contribution in [0.5, 0.6) is 0 Å². The van der Waals surface area contributed by atoms with E-state index in [4.69, 9.17) is 0 Å². The van der Waals surface area contributed by atoms with E-state index in [0.717, 1.165) is 31.4 Å². The maximum Gasteiger partial charge on any atom is 0.299 e. The number of imidazole rings is 1. The fourth-order valence-electron chi connectivity index (χ4n) is 3.68. The second-order valence-electron chi connectivity index (χ2n) is 7.84. The summed E-state index contributed by atoms with van der Waals surface area (Å²) in [6.07, 6.45) is 2.95. The van der Waals surface area contributed by atoms with Crippen LogP contribution in [0.25, 0.3) is 21.9 Å². The van der Waals surface area contributed by atoms with Crippen molar-refractivity contribution in [3.8, 4) is 16.3 Å². The van der Waals surface area contributed by atoms with Crippen molar-refractivity contribution in [3.05, 3.63) is 76.4 Å². The fraction of sp³-hybridized carbons (Fsp3) is 0.217. The number of thiophene rings is 1. The van der Waals surface area contributed by atoms with Crippen LogP contribution < -0.4 is 0 Å². The van der Waals surface area contributed by atoms with Gasteiger partial charge in [-0.3, -0.25) is 14.2 Å². The quantitative estimate of drug-likeness (QED) is 0.311. The van der Waals surface area contributed by atoms with Crippen LogP contribution in [0.2, 0.25) is 0 Å². The number of tetrazole rings is 1. The Bertz CT molecular complexity index is 1490. The van der Waals surface area contributed by atoms with E-state index in [0.29, 0.717) is 17.6 Å². The van der Waals surface area contributed by atoms with Crippen molar-refractivity contribution >= 4 is 22.8 Å². The number of ketones is 1. The van der Waals surface area contributed by atoms with Gasteiger partial charge in [-0.2, -0.15) is 4.68 Å². The van der Waals surface area contributed by atoms with Crippen LogP contribution in [-0.2, 0) is 6.42 Å². The number of rotatable bonds is 7. The van der Waals surface area contributed by atoms with Gasteiger partial charge < -0.3 is 0 Å². The second kappa shape index (κ2) is 8.82. The molecular weight excluding hydrogens is 460 g/mol. The lowest BCUT2D eigenvalue weighted by molar-refractivity contribution is 0.0982. The molecule has 0 aliphatic rings. The molecule has 5 aromatic rings. The van der Waals surface area contributed by atoms with Crippen LogP contribution in [0.3, 0.4) is 0 Å². The maximum absolute atomic E-state index is 13.6. The van der Waals surface area contributed by atoms with Gasteiger partial charge in [-0.1, -0.05) is 6.07 Å². The molecule has 172 valence electrons. The zero-order valence-corrected chi connectivity index (χ0v) is 19.1. The highest BCUT2D eigenvalue weighted by Gasteiger charge is 2.23. The van der Waals surface area contributed by atoms with Gasteiger partial charge in [0, 0.05) is 34.9 Å². The number of carbonyl (C=O) groups is 1. The molecule has 0 spiro atoms. The van der Waals surface area contributed by atoms with E-state index >= 15 is 0 Å². The highest BCUT2D eigenvalue weighted by molar-refractivity contribution is 7.15. The van der Waals surface area contributed by atoms with Crippen molar-refractivity contribution in [3.63, 3.8) is 0 Å². The molecule has 0 unspecified atom stereocenters. The smallest absolute Gasteiger partial charge is 0.296 e. The Hall–Kier alpha value is -3.86. The number of nitrogens with zero attached hydrogens (tertiary/aromatic N) is 7. The number of pyridine rings is 2. The molecule has 0 saturated heterocycles. The Morgan fingerprint density at radius 1 is 1.12 bits per heavy atom. The van der Waals surface area contributed by atoms with Gasteiger partial charge >= 0.3 is 0 Å². The molecular formula is C23H19F2N7OS. The number of aromatic nitrogens is 7. The summed E-state index contributed by atoms with van der Waals surface area (Å²) in [5, 5.41) is 10.6. The lowest BCUT2D eigenvalue weighted by Crippen LogP contribution is -2.10. The monoisotopic (exact) mass is 479 g/mol. The average Bonchev–Trinajstić information content (AvgIpc) is 3.57. The molecule has 0 bridgehead atoms. The molecule has 34 heavy (non-hydrogen) atoms. The van der Waals surface area contributed by atoms with Gasteiger partial charge in [0.15, 0.2) is 11.4 Å². The molecule has 0 amide bonds. The molecule has 0 saturated carbocycles. The van der Waals surface area contributed by atoms with Crippen LogP contribution in [0.15, 0.2) is 48.9 Å². The number of carbonyl (C=O) groups excluding carboxylic acids is 1. The Labute approximate surface area is 196 Å². The van der Waals surface area contributed by atoms with Gasteiger partial charge in [-0.25, -0.2) is 13.8 Å². The van der Waals surface area contributed by atoms with Crippen LogP contribution in [0, 0.1) is 13.8 Å². The molecule has 0 aliphatic carbocycles. The van der Waals surface area contributed by atoms with Crippen molar-refractivity contribution in [1.82, 2.24) is 34.6 Å². The molecule has 5 heterocycles. The summed E-state index contributed by atoms with van der Waals surface area (Å²) >= 11 is 1.57. The number of aryl methyl sites for hydroxylation is 3. The highest BCUT2D eigenvalue weighted by Crippen LogP contribution is 2.31. The van der Waals surface area contributed by atoms with Gasteiger partial charge in [0.2, 0.25) is 5.82 Å². The van der Waals surface area contributed by atoms with Crippen LogP contribution in [0.1, 0.15) is 45.2 Å². The SMILES string of the molecule is Cc1ccc(CCC(=O)c2cc(-n3nnnc3C(F)F)c3ncc(-c4ccc(C)s4)n3c2)cn1. The first-order valence-electron chi connectivity index (χ1n) is 10.5. The summed E-state index contributed by atoms with van der Waals surface area (Å²) in [6.45, 7) is 3.89. The second-order valence-corrected chi connectivity index (χ2v) is 9.13. The number of fused-ring (bicyclic) bond motifs is 1. The van der Waals surface area contributed by atoms with Gasteiger partial charge in [-0.05, 0) is 60.5 Å². The molecule has 0 N–H and O–H groups in total. The Kier molecular flexibility index (Phi) is 5.70. The summed E-state index contributed by atoms with van der Waals surface area (Å²) in [7, 11) is 0. The number of hydrogen-bond donors (Lipinski definition) is 0. The van der Waals surface area contributed by atoms with Gasteiger partial charge in [0.05, 0.1) is 16.8 Å². The molecule has 0 radical (unpaired) electrons. The number of halogens is 2. The third-order valence-corrected chi connectivity index (χ3v) is 6.45. The van der Waals surface area contributed by atoms with Crippen molar-refractivity contribution in [2.45, 2.75) is 33.1 Å². The number of alkyl halides is 2. The third kappa shape index (κ3) is 4.10. The average molecular weight is 480 g/mol. The topological polar surface area (TPSA) is 90.9 Å². The van der Waals surface area contributed by atoms with Crippen molar-refractivity contribution in [1.29, 1.82) is 0 Å². The molecule has 0 atom stereocenters. The molecule has 0 aromatic carbocycles. The minimum absolute atomic E-state index is 0.141. The summed E-state index contributed by atoms with van der Waals surface area (Å²) in [5.74, 6) is -0.758. The number of hydrogen-bond acceptors (Lipinski definition) is 7. The predicted molar refractivity (Wildman–Crippen MR) is 123 cm³/mol. The third-order valence-electron chi connectivity index (χ3n) is 5.43. The van der Waals surface area contributed by atoms with E-state index in [1.54, 1.807) is 34.3 Å². The molecule has 8 nitrogen and oxygen atoms in total. The fourth-order valence-corrected chi connectivity index (χ4v) is 4.56. The summed E-state index contributed by atoms with van der Waals surface area (Å²) in [4.78, 5) is 24.0. The van der Waals surface area contributed by atoms with Crippen molar-refractivity contribution in [2.75, 3.05) is 0 Å². The van der Waals surface area contributed by atoms with Crippen molar-refractivity contribution < 1.29 is 13.6 Å². The minimum Gasteiger partial charge on any atom is -0.296 e. The normalized spacial score (nSPS) is 11.6. The zero-order chi connectivity index (χ0) is 23.8. The van der Waals surface area contributed by atoms with E-state index in [-0.39, 0.29) is 17.9 Å². The Morgan fingerprint density at radius 2 is 1.97 bits per heavy atom. The lowest BCUT2D eigenvalue weighted by Gasteiger charge is -2.10. The van der Waals surface area contributed by atoms with Crippen molar-refractivity contribution in [2.24, 2.45) is 0 Å². The van der Waals surface area contributed by atoms with E-state index < -0.39 is 12.2 Å². The number of Topliss-reactive ketones (excluding diaryl/α,β-unsaturated/α-hetero) is 1. The van der Waals surface area contributed by atoms with Gasteiger partial charge in [0.1, 0.15) is 5.69 Å².